The molecule has 1 atom stereocenters. The topological polar surface area (TPSA) is 41.6 Å². The lowest BCUT2D eigenvalue weighted by Gasteiger charge is -2.27. The van der Waals surface area contributed by atoms with Crippen LogP contribution in [0.25, 0.3) is 0 Å². The van der Waals surface area contributed by atoms with Gasteiger partial charge in [0, 0.05) is 13.1 Å². The second-order valence-corrected chi connectivity index (χ2v) is 4.70. The van der Waals surface area contributed by atoms with Crippen LogP contribution in [0.4, 0.5) is 0 Å². The molecule has 1 saturated heterocycles. The normalized spacial score (nSPS) is 21.9. The van der Waals surface area contributed by atoms with Gasteiger partial charge in [0.2, 0.25) is 5.91 Å². The van der Waals surface area contributed by atoms with Crippen molar-refractivity contribution in [1.82, 2.24) is 10.2 Å². The predicted octanol–water partition coefficient (Wildman–Crippen LogP) is 1.01. The van der Waals surface area contributed by atoms with Crippen LogP contribution in [-0.4, -0.2) is 49.7 Å². The molecule has 0 spiro atoms. The molecule has 0 aromatic rings. The number of amides is 1. The standard InChI is InChI=1S/C12H24N2O2/c1-10(2)16-9-12(15)14(3)11-5-4-7-13-8-6-11/h10-11,13H,4-9H2,1-3H3. The predicted molar refractivity (Wildman–Crippen MR) is 64.4 cm³/mol. The van der Waals surface area contributed by atoms with Crippen LogP contribution in [0.2, 0.25) is 0 Å². The van der Waals surface area contributed by atoms with Gasteiger partial charge in [-0.3, -0.25) is 4.79 Å². The first-order chi connectivity index (χ1) is 7.61. The number of rotatable bonds is 4. The molecule has 16 heavy (non-hydrogen) atoms. The Kier molecular flexibility index (Phi) is 5.77. The molecular formula is C12H24N2O2. The molecule has 4 heteroatoms. The molecule has 1 fully saturated rings. The quantitative estimate of drug-likeness (QED) is 0.781. The van der Waals surface area contributed by atoms with E-state index in [2.05, 4.69) is 5.32 Å². The molecule has 94 valence electrons. The van der Waals surface area contributed by atoms with Gasteiger partial charge in [0.1, 0.15) is 6.61 Å². The highest BCUT2D eigenvalue weighted by Gasteiger charge is 2.20. The van der Waals surface area contributed by atoms with Gasteiger partial charge in [-0.05, 0) is 46.2 Å². The van der Waals surface area contributed by atoms with Gasteiger partial charge in [-0.25, -0.2) is 0 Å². The molecule has 1 aliphatic heterocycles. The van der Waals surface area contributed by atoms with Crippen molar-refractivity contribution < 1.29 is 9.53 Å². The van der Waals surface area contributed by atoms with Crippen LogP contribution in [0.5, 0.6) is 0 Å². The number of carbonyl (C=O) groups excluding carboxylic acids is 1. The van der Waals surface area contributed by atoms with Crippen molar-refractivity contribution in [1.29, 1.82) is 0 Å². The zero-order chi connectivity index (χ0) is 12.0. The molecule has 0 aromatic heterocycles. The summed E-state index contributed by atoms with van der Waals surface area (Å²) in [5.74, 6) is 0.0978. The molecule has 1 unspecified atom stereocenters. The van der Waals surface area contributed by atoms with Crippen molar-refractivity contribution >= 4 is 5.91 Å². The smallest absolute Gasteiger partial charge is 0.248 e. The lowest BCUT2D eigenvalue weighted by atomic mass is 10.1. The molecule has 0 radical (unpaired) electrons. The van der Waals surface area contributed by atoms with Gasteiger partial charge >= 0.3 is 0 Å². The van der Waals surface area contributed by atoms with E-state index in [1.807, 2.05) is 25.8 Å². The van der Waals surface area contributed by atoms with E-state index in [-0.39, 0.29) is 18.6 Å². The molecule has 0 saturated carbocycles. The maximum Gasteiger partial charge on any atom is 0.248 e. The SMILES string of the molecule is CC(C)OCC(=O)N(C)C1CCCNCC1. The van der Waals surface area contributed by atoms with E-state index in [9.17, 15) is 4.79 Å². The van der Waals surface area contributed by atoms with Crippen LogP contribution in [0.3, 0.4) is 0 Å². The van der Waals surface area contributed by atoms with Crippen LogP contribution in [0.15, 0.2) is 0 Å². The van der Waals surface area contributed by atoms with Crippen molar-refractivity contribution in [3.63, 3.8) is 0 Å². The first-order valence-electron chi connectivity index (χ1n) is 6.19. The van der Waals surface area contributed by atoms with Crippen molar-refractivity contribution in [3.05, 3.63) is 0 Å². The largest absolute Gasteiger partial charge is 0.369 e. The van der Waals surface area contributed by atoms with Crippen LogP contribution in [0, 0.1) is 0 Å². The fourth-order valence-electron chi connectivity index (χ4n) is 1.93. The first kappa shape index (κ1) is 13.5. The summed E-state index contributed by atoms with van der Waals surface area (Å²) in [5, 5.41) is 3.35. The molecule has 1 rings (SSSR count). The molecule has 1 amide bonds. The number of hydrogen-bond acceptors (Lipinski definition) is 3. The Morgan fingerprint density at radius 2 is 2.19 bits per heavy atom. The van der Waals surface area contributed by atoms with Gasteiger partial charge in [0.05, 0.1) is 6.10 Å². The third-order valence-electron chi connectivity index (χ3n) is 3.03. The van der Waals surface area contributed by atoms with E-state index >= 15 is 0 Å². The molecule has 0 aromatic carbocycles. The van der Waals surface area contributed by atoms with E-state index in [0.29, 0.717) is 6.04 Å². The van der Waals surface area contributed by atoms with E-state index in [0.717, 1.165) is 32.4 Å². The lowest BCUT2D eigenvalue weighted by Crippen LogP contribution is -2.40. The summed E-state index contributed by atoms with van der Waals surface area (Å²) in [6.07, 6.45) is 3.40. The van der Waals surface area contributed by atoms with E-state index in [1.54, 1.807) is 0 Å². The molecule has 0 bridgehead atoms. The number of carbonyl (C=O) groups is 1. The molecule has 1 N–H and O–H groups in total. The Balaban J connectivity index is 2.35. The zero-order valence-corrected chi connectivity index (χ0v) is 10.7. The number of hydrogen-bond donors (Lipinski definition) is 1. The molecule has 1 aliphatic rings. The molecule has 1 heterocycles. The van der Waals surface area contributed by atoms with Gasteiger partial charge in [0.15, 0.2) is 0 Å². The number of nitrogens with zero attached hydrogens (tertiary/aromatic N) is 1. The highest BCUT2D eigenvalue weighted by Crippen LogP contribution is 2.12. The maximum atomic E-state index is 11.8. The van der Waals surface area contributed by atoms with Crippen LogP contribution >= 0.6 is 0 Å². The monoisotopic (exact) mass is 228 g/mol. The van der Waals surface area contributed by atoms with Crippen molar-refractivity contribution in [2.24, 2.45) is 0 Å². The Hall–Kier alpha value is -0.610. The van der Waals surface area contributed by atoms with Crippen LogP contribution in [0.1, 0.15) is 33.1 Å². The van der Waals surface area contributed by atoms with E-state index < -0.39 is 0 Å². The minimum absolute atomic E-state index is 0.0978. The summed E-state index contributed by atoms with van der Waals surface area (Å²) in [7, 11) is 1.89. The Bertz CT molecular complexity index is 211. The van der Waals surface area contributed by atoms with Crippen molar-refractivity contribution in [2.45, 2.75) is 45.3 Å². The summed E-state index contributed by atoms with van der Waals surface area (Å²) in [4.78, 5) is 13.7. The second-order valence-electron chi connectivity index (χ2n) is 4.70. The van der Waals surface area contributed by atoms with Crippen molar-refractivity contribution in [2.75, 3.05) is 26.7 Å². The van der Waals surface area contributed by atoms with E-state index in [1.165, 1.54) is 0 Å². The summed E-state index contributed by atoms with van der Waals surface area (Å²) >= 11 is 0. The summed E-state index contributed by atoms with van der Waals surface area (Å²) < 4.78 is 5.34. The third-order valence-corrected chi connectivity index (χ3v) is 3.03. The number of likely N-dealkylation sites (N-methyl/N-ethyl adjacent to an activating group) is 1. The van der Waals surface area contributed by atoms with Gasteiger partial charge in [0.25, 0.3) is 0 Å². The minimum atomic E-state index is 0.0978. The fraction of sp³-hybridized carbons (Fsp3) is 0.917. The van der Waals surface area contributed by atoms with Crippen molar-refractivity contribution in [3.8, 4) is 0 Å². The molecular weight excluding hydrogens is 204 g/mol. The van der Waals surface area contributed by atoms with Gasteiger partial charge < -0.3 is 15.0 Å². The fourth-order valence-corrected chi connectivity index (χ4v) is 1.93. The second kappa shape index (κ2) is 6.86. The lowest BCUT2D eigenvalue weighted by molar-refractivity contribution is -0.138. The summed E-state index contributed by atoms with van der Waals surface area (Å²) in [5.41, 5.74) is 0. The van der Waals surface area contributed by atoms with Crippen LogP contribution < -0.4 is 5.32 Å². The number of nitrogens with one attached hydrogen (secondary N) is 1. The summed E-state index contributed by atoms with van der Waals surface area (Å²) in [6, 6.07) is 0.373. The number of ether oxygens (including phenoxy) is 1. The Labute approximate surface area is 98.3 Å². The first-order valence-corrected chi connectivity index (χ1v) is 6.19. The minimum Gasteiger partial charge on any atom is -0.369 e. The van der Waals surface area contributed by atoms with Gasteiger partial charge in [-0.2, -0.15) is 0 Å². The van der Waals surface area contributed by atoms with Crippen LogP contribution in [-0.2, 0) is 9.53 Å². The highest BCUT2D eigenvalue weighted by atomic mass is 16.5. The molecule has 4 nitrogen and oxygen atoms in total. The maximum absolute atomic E-state index is 11.8. The van der Waals surface area contributed by atoms with Gasteiger partial charge in [-0.15, -0.1) is 0 Å². The average Bonchev–Trinajstić information content (AvgIpc) is 2.53. The Morgan fingerprint density at radius 3 is 2.88 bits per heavy atom. The average molecular weight is 228 g/mol. The molecule has 0 aliphatic carbocycles. The highest BCUT2D eigenvalue weighted by molar-refractivity contribution is 5.77. The third kappa shape index (κ3) is 4.49. The summed E-state index contributed by atoms with van der Waals surface area (Å²) in [6.45, 7) is 6.18. The zero-order valence-electron chi connectivity index (χ0n) is 10.7. The van der Waals surface area contributed by atoms with Gasteiger partial charge in [-0.1, -0.05) is 0 Å². The Morgan fingerprint density at radius 1 is 1.44 bits per heavy atom. The van der Waals surface area contributed by atoms with E-state index in [4.69, 9.17) is 4.74 Å².